The molecule has 0 spiro atoms. The molecule has 23 heavy (non-hydrogen) atoms. The van der Waals surface area contributed by atoms with Gasteiger partial charge in [0.05, 0.1) is 11.7 Å². The summed E-state index contributed by atoms with van der Waals surface area (Å²) in [4.78, 5) is 26.0. The fraction of sp³-hybridized carbons (Fsp3) is 0.556. The fourth-order valence-corrected chi connectivity index (χ4v) is 3.37. The van der Waals surface area contributed by atoms with E-state index in [1.807, 2.05) is 24.3 Å². The Balaban J connectivity index is 1.48. The number of ether oxygens (including phenoxy) is 1. The molecule has 1 fully saturated rings. The Labute approximate surface area is 137 Å². The van der Waals surface area contributed by atoms with E-state index in [2.05, 4.69) is 19.2 Å². The van der Waals surface area contributed by atoms with E-state index < -0.39 is 0 Å². The van der Waals surface area contributed by atoms with Crippen LogP contribution >= 0.6 is 0 Å². The smallest absolute Gasteiger partial charge is 0.254 e. The van der Waals surface area contributed by atoms with Crippen LogP contribution in [0.15, 0.2) is 24.3 Å². The first kappa shape index (κ1) is 16.0. The van der Waals surface area contributed by atoms with Crippen molar-refractivity contribution in [1.29, 1.82) is 0 Å². The van der Waals surface area contributed by atoms with Crippen LogP contribution < -0.4 is 5.32 Å². The highest BCUT2D eigenvalue weighted by molar-refractivity contribution is 6.00. The molecule has 0 radical (unpaired) electrons. The zero-order valence-electron chi connectivity index (χ0n) is 13.8. The van der Waals surface area contributed by atoms with Gasteiger partial charge in [0.1, 0.15) is 6.54 Å². The van der Waals surface area contributed by atoms with Gasteiger partial charge in [-0.3, -0.25) is 9.59 Å². The van der Waals surface area contributed by atoms with Crippen molar-refractivity contribution in [2.75, 3.05) is 13.1 Å². The molecule has 5 nitrogen and oxygen atoms in total. The minimum absolute atomic E-state index is 0.0641. The van der Waals surface area contributed by atoms with Crippen LogP contribution in [-0.2, 0) is 16.1 Å². The molecule has 124 valence electrons. The second-order valence-corrected chi connectivity index (χ2v) is 7.01. The standard InChI is InChI=1S/C18H24N2O3/c1-18(2)9-5-7-14(23-18)10-19-16(21)12-20-11-13-6-3-4-8-15(13)17(20)22/h3-4,6,8,14H,5,7,9-12H2,1-2H3,(H,19,21). The lowest BCUT2D eigenvalue weighted by molar-refractivity contribution is -0.127. The van der Waals surface area contributed by atoms with Gasteiger partial charge in [-0.2, -0.15) is 0 Å². The molecular weight excluding hydrogens is 292 g/mol. The Hall–Kier alpha value is -1.88. The Morgan fingerprint density at radius 1 is 1.39 bits per heavy atom. The SMILES string of the molecule is CC1(C)CCCC(CNC(=O)CN2Cc3ccccc3C2=O)O1. The molecule has 2 aliphatic rings. The highest BCUT2D eigenvalue weighted by Gasteiger charge is 2.30. The molecule has 0 bridgehead atoms. The second kappa shape index (κ2) is 6.32. The quantitative estimate of drug-likeness (QED) is 0.925. The lowest BCUT2D eigenvalue weighted by atomic mass is 9.95. The van der Waals surface area contributed by atoms with Gasteiger partial charge in [0.2, 0.25) is 5.91 Å². The number of carbonyl (C=O) groups excluding carboxylic acids is 2. The van der Waals surface area contributed by atoms with Crippen LogP contribution in [0.3, 0.4) is 0 Å². The zero-order valence-corrected chi connectivity index (χ0v) is 13.8. The van der Waals surface area contributed by atoms with E-state index in [0.29, 0.717) is 18.7 Å². The van der Waals surface area contributed by atoms with Gasteiger partial charge in [-0.15, -0.1) is 0 Å². The third-order valence-electron chi connectivity index (χ3n) is 4.55. The number of carbonyl (C=O) groups is 2. The minimum atomic E-state index is -0.127. The molecule has 1 N–H and O–H groups in total. The maximum atomic E-state index is 12.2. The van der Waals surface area contributed by atoms with Crippen LogP contribution in [-0.4, -0.2) is 41.5 Å². The van der Waals surface area contributed by atoms with Crippen molar-refractivity contribution in [2.24, 2.45) is 0 Å². The average molecular weight is 316 g/mol. The molecule has 2 aliphatic heterocycles. The number of benzene rings is 1. The molecule has 1 atom stereocenters. The summed E-state index contributed by atoms with van der Waals surface area (Å²) >= 11 is 0. The van der Waals surface area contributed by atoms with E-state index in [-0.39, 0.29) is 30.1 Å². The van der Waals surface area contributed by atoms with Gasteiger partial charge in [0, 0.05) is 18.7 Å². The maximum Gasteiger partial charge on any atom is 0.254 e. The molecule has 1 saturated heterocycles. The van der Waals surface area contributed by atoms with Gasteiger partial charge >= 0.3 is 0 Å². The highest BCUT2D eigenvalue weighted by atomic mass is 16.5. The van der Waals surface area contributed by atoms with Gasteiger partial charge in [-0.25, -0.2) is 0 Å². The van der Waals surface area contributed by atoms with Gasteiger partial charge in [0.25, 0.3) is 5.91 Å². The number of nitrogens with one attached hydrogen (secondary N) is 1. The topological polar surface area (TPSA) is 58.6 Å². The molecule has 0 aliphatic carbocycles. The van der Waals surface area contributed by atoms with Crippen LogP contribution in [0.5, 0.6) is 0 Å². The van der Waals surface area contributed by atoms with E-state index >= 15 is 0 Å². The zero-order chi connectivity index (χ0) is 16.4. The third-order valence-corrected chi connectivity index (χ3v) is 4.55. The van der Waals surface area contributed by atoms with Gasteiger partial charge in [-0.1, -0.05) is 18.2 Å². The van der Waals surface area contributed by atoms with Crippen molar-refractivity contribution in [3.63, 3.8) is 0 Å². The summed E-state index contributed by atoms with van der Waals surface area (Å²) in [5, 5.41) is 2.91. The number of amides is 2. The van der Waals surface area contributed by atoms with Gasteiger partial charge < -0.3 is 15.0 Å². The highest BCUT2D eigenvalue weighted by Crippen LogP contribution is 2.27. The number of nitrogens with zero attached hydrogens (tertiary/aromatic N) is 1. The lowest BCUT2D eigenvalue weighted by Crippen LogP contribution is -2.44. The summed E-state index contributed by atoms with van der Waals surface area (Å²) in [5.41, 5.74) is 1.58. The largest absolute Gasteiger partial charge is 0.371 e. The Morgan fingerprint density at radius 2 is 2.17 bits per heavy atom. The average Bonchev–Trinajstić information content (AvgIpc) is 2.81. The first-order valence-electron chi connectivity index (χ1n) is 8.26. The van der Waals surface area contributed by atoms with E-state index in [0.717, 1.165) is 24.8 Å². The van der Waals surface area contributed by atoms with Crippen LogP contribution in [0.1, 0.15) is 49.0 Å². The lowest BCUT2D eigenvalue weighted by Gasteiger charge is -2.36. The van der Waals surface area contributed by atoms with E-state index in [4.69, 9.17) is 4.74 Å². The van der Waals surface area contributed by atoms with Crippen molar-refractivity contribution in [3.8, 4) is 0 Å². The summed E-state index contributed by atoms with van der Waals surface area (Å²) in [6.07, 6.45) is 3.21. The molecule has 2 amide bonds. The molecule has 1 aromatic rings. The molecular formula is C18H24N2O3. The Kier molecular flexibility index (Phi) is 4.39. The molecule has 5 heteroatoms. The fourth-order valence-electron chi connectivity index (χ4n) is 3.37. The van der Waals surface area contributed by atoms with Crippen molar-refractivity contribution < 1.29 is 14.3 Å². The van der Waals surface area contributed by atoms with Gasteiger partial charge in [-0.05, 0) is 44.7 Å². The first-order valence-corrected chi connectivity index (χ1v) is 8.26. The number of hydrogen-bond acceptors (Lipinski definition) is 3. The second-order valence-electron chi connectivity index (χ2n) is 7.01. The maximum absolute atomic E-state index is 12.2. The normalized spacial score (nSPS) is 22.8. The van der Waals surface area contributed by atoms with Crippen molar-refractivity contribution in [2.45, 2.75) is 51.4 Å². The van der Waals surface area contributed by atoms with Crippen LogP contribution in [0.25, 0.3) is 0 Å². The van der Waals surface area contributed by atoms with Crippen LogP contribution in [0, 0.1) is 0 Å². The first-order chi connectivity index (χ1) is 10.9. The van der Waals surface area contributed by atoms with Crippen LogP contribution in [0.4, 0.5) is 0 Å². The predicted octanol–water partition coefficient (Wildman–Crippen LogP) is 2.11. The third kappa shape index (κ3) is 3.72. The molecule has 0 aromatic heterocycles. The Morgan fingerprint density at radius 3 is 2.91 bits per heavy atom. The molecule has 1 unspecified atom stereocenters. The Bertz CT molecular complexity index is 612. The summed E-state index contributed by atoms with van der Waals surface area (Å²) in [6, 6.07) is 7.51. The van der Waals surface area contributed by atoms with Crippen molar-refractivity contribution in [1.82, 2.24) is 10.2 Å². The number of fused-ring (bicyclic) bond motifs is 1. The number of hydrogen-bond donors (Lipinski definition) is 1. The molecule has 2 heterocycles. The monoisotopic (exact) mass is 316 g/mol. The van der Waals surface area contributed by atoms with Crippen molar-refractivity contribution in [3.05, 3.63) is 35.4 Å². The van der Waals surface area contributed by atoms with E-state index in [1.165, 1.54) is 0 Å². The van der Waals surface area contributed by atoms with Gasteiger partial charge in [0.15, 0.2) is 0 Å². The summed E-state index contributed by atoms with van der Waals surface area (Å²) in [5.74, 6) is -0.191. The summed E-state index contributed by atoms with van der Waals surface area (Å²) in [6.45, 7) is 5.29. The van der Waals surface area contributed by atoms with E-state index in [1.54, 1.807) is 4.90 Å². The number of rotatable bonds is 4. The molecule has 0 saturated carbocycles. The van der Waals surface area contributed by atoms with Crippen LogP contribution in [0.2, 0.25) is 0 Å². The minimum Gasteiger partial charge on any atom is -0.371 e. The summed E-state index contributed by atoms with van der Waals surface area (Å²) < 4.78 is 5.97. The summed E-state index contributed by atoms with van der Waals surface area (Å²) in [7, 11) is 0. The molecule has 3 rings (SSSR count). The van der Waals surface area contributed by atoms with Crippen molar-refractivity contribution >= 4 is 11.8 Å². The molecule has 1 aromatic carbocycles. The predicted molar refractivity (Wildman–Crippen MR) is 87.0 cm³/mol. The van der Waals surface area contributed by atoms with E-state index in [9.17, 15) is 9.59 Å².